The van der Waals surface area contributed by atoms with E-state index in [2.05, 4.69) is 11.9 Å². The summed E-state index contributed by atoms with van der Waals surface area (Å²) in [4.78, 5) is 34.1. The predicted octanol–water partition coefficient (Wildman–Crippen LogP) is 2.09. The lowest BCUT2D eigenvalue weighted by molar-refractivity contribution is -0.147. The maximum absolute atomic E-state index is 11.6. The van der Waals surface area contributed by atoms with Crippen molar-refractivity contribution < 1.29 is 19.1 Å². The van der Waals surface area contributed by atoms with Crippen LogP contribution in [0.25, 0.3) is 0 Å². The van der Waals surface area contributed by atoms with Gasteiger partial charge in [-0.15, -0.1) is 6.58 Å². The number of ether oxygens (including phenoxy) is 1. The van der Waals surface area contributed by atoms with Crippen LogP contribution >= 0.6 is 23.2 Å². The SMILES string of the molecule is C=CCNC(=O)NC(=O)COC(=O)Cc1ccc(Cl)c(Cl)c1. The first-order chi connectivity index (χ1) is 10.4. The van der Waals surface area contributed by atoms with Crippen LogP contribution in [-0.2, 0) is 20.7 Å². The maximum Gasteiger partial charge on any atom is 0.321 e. The predicted molar refractivity (Wildman–Crippen MR) is 82.9 cm³/mol. The molecule has 0 bridgehead atoms. The molecule has 0 radical (unpaired) electrons. The highest BCUT2D eigenvalue weighted by Gasteiger charge is 2.11. The van der Waals surface area contributed by atoms with E-state index in [1.54, 1.807) is 12.1 Å². The summed E-state index contributed by atoms with van der Waals surface area (Å²) in [6.07, 6.45) is 1.40. The Morgan fingerprint density at radius 3 is 2.59 bits per heavy atom. The fourth-order valence-corrected chi connectivity index (χ4v) is 1.71. The molecule has 0 heterocycles. The quantitative estimate of drug-likeness (QED) is 0.611. The van der Waals surface area contributed by atoms with E-state index < -0.39 is 24.5 Å². The number of esters is 1. The summed E-state index contributed by atoms with van der Waals surface area (Å²) in [5.41, 5.74) is 0.600. The van der Waals surface area contributed by atoms with E-state index in [1.807, 2.05) is 5.32 Å². The van der Waals surface area contributed by atoms with Crippen LogP contribution in [0, 0.1) is 0 Å². The zero-order valence-electron chi connectivity index (χ0n) is 11.5. The van der Waals surface area contributed by atoms with Gasteiger partial charge < -0.3 is 10.1 Å². The van der Waals surface area contributed by atoms with Crippen molar-refractivity contribution in [3.63, 3.8) is 0 Å². The standard InChI is InChI=1S/C14H14Cl2N2O4/c1-2-5-17-14(21)18-12(19)8-22-13(20)7-9-3-4-10(15)11(16)6-9/h2-4,6H,1,5,7-8H2,(H2,17,18,19,21). The summed E-state index contributed by atoms with van der Waals surface area (Å²) in [6.45, 7) is 3.07. The number of rotatable bonds is 6. The largest absolute Gasteiger partial charge is 0.455 e. The highest BCUT2D eigenvalue weighted by Crippen LogP contribution is 2.22. The number of carbonyl (C=O) groups is 3. The van der Waals surface area contributed by atoms with E-state index in [0.29, 0.717) is 15.6 Å². The number of hydrogen-bond donors (Lipinski definition) is 2. The Kier molecular flexibility index (Phi) is 7.42. The van der Waals surface area contributed by atoms with E-state index in [1.165, 1.54) is 12.1 Å². The number of urea groups is 1. The van der Waals surface area contributed by atoms with Gasteiger partial charge in [0.1, 0.15) is 0 Å². The Bertz CT molecular complexity index is 590. The first kappa shape index (κ1) is 18.0. The molecule has 1 aromatic rings. The third-order valence-corrected chi connectivity index (χ3v) is 3.10. The summed E-state index contributed by atoms with van der Waals surface area (Å²) in [7, 11) is 0. The third-order valence-electron chi connectivity index (χ3n) is 2.36. The van der Waals surface area contributed by atoms with Crippen LogP contribution in [-0.4, -0.2) is 31.1 Å². The molecule has 3 amide bonds. The van der Waals surface area contributed by atoms with E-state index in [9.17, 15) is 14.4 Å². The number of benzene rings is 1. The van der Waals surface area contributed by atoms with Crippen molar-refractivity contribution in [3.8, 4) is 0 Å². The Hall–Kier alpha value is -2.05. The lowest BCUT2D eigenvalue weighted by atomic mass is 10.1. The topological polar surface area (TPSA) is 84.5 Å². The van der Waals surface area contributed by atoms with E-state index in [-0.39, 0.29) is 13.0 Å². The molecule has 1 aromatic carbocycles. The van der Waals surface area contributed by atoms with Crippen LogP contribution in [0.3, 0.4) is 0 Å². The molecule has 118 valence electrons. The van der Waals surface area contributed by atoms with Crippen molar-refractivity contribution in [3.05, 3.63) is 46.5 Å². The summed E-state index contributed by atoms with van der Waals surface area (Å²) in [5, 5.41) is 5.04. The first-order valence-electron chi connectivity index (χ1n) is 6.20. The van der Waals surface area contributed by atoms with Gasteiger partial charge in [0.25, 0.3) is 5.91 Å². The van der Waals surface area contributed by atoms with Gasteiger partial charge in [0.15, 0.2) is 6.61 Å². The average Bonchev–Trinajstić information content (AvgIpc) is 2.47. The molecule has 0 aliphatic rings. The van der Waals surface area contributed by atoms with Gasteiger partial charge >= 0.3 is 12.0 Å². The lowest BCUT2D eigenvalue weighted by Gasteiger charge is -2.07. The van der Waals surface area contributed by atoms with Gasteiger partial charge in [-0.3, -0.25) is 14.9 Å². The number of amides is 3. The summed E-state index contributed by atoms with van der Waals surface area (Å²) < 4.78 is 4.76. The molecule has 0 fully saturated rings. The van der Waals surface area contributed by atoms with Gasteiger partial charge in [-0.1, -0.05) is 35.3 Å². The second kappa shape index (κ2) is 9.07. The molecule has 22 heavy (non-hydrogen) atoms. The number of nitrogens with one attached hydrogen (secondary N) is 2. The van der Waals surface area contributed by atoms with Gasteiger partial charge in [0.2, 0.25) is 0 Å². The van der Waals surface area contributed by atoms with Gasteiger partial charge in [0.05, 0.1) is 16.5 Å². The average molecular weight is 345 g/mol. The van der Waals surface area contributed by atoms with Crippen LogP contribution in [0.15, 0.2) is 30.9 Å². The van der Waals surface area contributed by atoms with Crippen LogP contribution in [0.5, 0.6) is 0 Å². The summed E-state index contributed by atoms with van der Waals surface area (Å²) in [5.74, 6) is -1.36. The highest BCUT2D eigenvalue weighted by atomic mass is 35.5. The number of halogens is 2. The van der Waals surface area contributed by atoms with Crippen molar-refractivity contribution in [2.45, 2.75) is 6.42 Å². The number of imide groups is 1. The molecule has 1 rings (SSSR count). The monoisotopic (exact) mass is 344 g/mol. The first-order valence-corrected chi connectivity index (χ1v) is 6.96. The van der Waals surface area contributed by atoms with Gasteiger partial charge in [-0.2, -0.15) is 0 Å². The lowest BCUT2D eigenvalue weighted by Crippen LogP contribution is -2.41. The molecular formula is C14H14Cl2N2O4. The Labute approximate surface area is 137 Å². The third kappa shape index (κ3) is 6.60. The Balaban J connectivity index is 2.36. The van der Waals surface area contributed by atoms with Crippen molar-refractivity contribution in [1.82, 2.24) is 10.6 Å². The minimum atomic E-state index is -0.732. The molecule has 6 nitrogen and oxygen atoms in total. The van der Waals surface area contributed by atoms with Gasteiger partial charge in [0, 0.05) is 6.54 Å². The fraction of sp³-hybridized carbons (Fsp3) is 0.214. The minimum Gasteiger partial charge on any atom is -0.455 e. The molecule has 2 N–H and O–H groups in total. The van der Waals surface area contributed by atoms with Crippen LogP contribution < -0.4 is 10.6 Å². The van der Waals surface area contributed by atoms with Crippen LogP contribution in [0.4, 0.5) is 4.79 Å². The molecule has 8 heteroatoms. The number of carbonyl (C=O) groups excluding carboxylic acids is 3. The van der Waals surface area contributed by atoms with E-state index in [4.69, 9.17) is 27.9 Å². The zero-order valence-corrected chi connectivity index (χ0v) is 13.0. The zero-order chi connectivity index (χ0) is 16.5. The molecule has 0 saturated carbocycles. The molecule has 0 saturated heterocycles. The molecule has 0 aliphatic heterocycles. The summed E-state index contributed by atoms with van der Waals surface area (Å²) >= 11 is 11.6. The van der Waals surface area contributed by atoms with E-state index >= 15 is 0 Å². The van der Waals surface area contributed by atoms with Gasteiger partial charge in [-0.05, 0) is 17.7 Å². The Morgan fingerprint density at radius 2 is 1.95 bits per heavy atom. The second-order valence-electron chi connectivity index (χ2n) is 4.13. The van der Waals surface area contributed by atoms with Crippen molar-refractivity contribution >= 4 is 41.1 Å². The Morgan fingerprint density at radius 1 is 1.23 bits per heavy atom. The van der Waals surface area contributed by atoms with E-state index in [0.717, 1.165) is 0 Å². The van der Waals surface area contributed by atoms with Crippen molar-refractivity contribution in [2.24, 2.45) is 0 Å². The van der Waals surface area contributed by atoms with Crippen molar-refractivity contribution in [1.29, 1.82) is 0 Å². The molecular weight excluding hydrogens is 331 g/mol. The normalized spacial score (nSPS) is 9.73. The smallest absolute Gasteiger partial charge is 0.321 e. The second-order valence-corrected chi connectivity index (χ2v) is 4.95. The fourth-order valence-electron chi connectivity index (χ4n) is 1.39. The maximum atomic E-state index is 11.6. The molecule has 0 aliphatic carbocycles. The number of hydrogen-bond acceptors (Lipinski definition) is 4. The van der Waals surface area contributed by atoms with Crippen LogP contribution in [0.2, 0.25) is 10.0 Å². The minimum absolute atomic E-state index is 0.0627. The molecule has 0 aromatic heterocycles. The molecule has 0 unspecified atom stereocenters. The van der Waals surface area contributed by atoms with Gasteiger partial charge in [-0.25, -0.2) is 4.79 Å². The van der Waals surface area contributed by atoms with Crippen molar-refractivity contribution in [2.75, 3.05) is 13.2 Å². The summed E-state index contributed by atoms with van der Waals surface area (Å²) in [6, 6.07) is 4.03. The molecule has 0 atom stereocenters. The van der Waals surface area contributed by atoms with Crippen LogP contribution in [0.1, 0.15) is 5.56 Å². The molecule has 0 spiro atoms. The highest BCUT2D eigenvalue weighted by molar-refractivity contribution is 6.42.